The molecule has 0 saturated heterocycles. The second-order valence-corrected chi connectivity index (χ2v) is 6.88. The largest absolute Gasteiger partial charge is 0.497 e. The maximum atomic E-state index is 6.53. The number of aryl methyl sites for hydroxylation is 1. The molecule has 0 saturated carbocycles. The maximum absolute atomic E-state index is 6.53. The van der Waals surface area contributed by atoms with Crippen molar-refractivity contribution in [2.75, 3.05) is 20.8 Å². The molecule has 5 nitrogen and oxygen atoms in total. The van der Waals surface area contributed by atoms with E-state index in [1.54, 1.807) is 14.2 Å². The van der Waals surface area contributed by atoms with E-state index in [-0.39, 0.29) is 0 Å². The van der Waals surface area contributed by atoms with Gasteiger partial charge in [0.05, 0.1) is 12.1 Å². The number of ether oxygens (including phenoxy) is 2. The topological polar surface area (TPSA) is 49.2 Å². The van der Waals surface area contributed by atoms with Gasteiger partial charge in [-0.1, -0.05) is 25.4 Å². The summed E-state index contributed by atoms with van der Waals surface area (Å²) in [7, 11) is 3.37. The van der Waals surface area contributed by atoms with E-state index in [0.717, 1.165) is 53.1 Å². The lowest BCUT2D eigenvalue weighted by Gasteiger charge is -2.19. The molecule has 3 rings (SSSR count). The van der Waals surface area contributed by atoms with Crippen LogP contribution in [0, 0.1) is 0 Å². The molecule has 0 radical (unpaired) electrons. The van der Waals surface area contributed by atoms with Crippen molar-refractivity contribution in [1.29, 1.82) is 0 Å². The van der Waals surface area contributed by atoms with Crippen molar-refractivity contribution in [2.24, 2.45) is 0 Å². The highest BCUT2D eigenvalue weighted by atomic mass is 35.5. The maximum Gasteiger partial charge on any atom is 0.160 e. The minimum atomic E-state index is 0.305. The van der Waals surface area contributed by atoms with Gasteiger partial charge in [-0.2, -0.15) is 0 Å². The molecule has 0 amide bonds. The van der Waals surface area contributed by atoms with Crippen LogP contribution in [0.3, 0.4) is 0 Å². The molecule has 2 heterocycles. The molecule has 0 aliphatic heterocycles. The quantitative estimate of drug-likeness (QED) is 0.525. The van der Waals surface area contributed by atoms with Gasteiger partial charge in [0.25, 0.3) is 0 Å². The first kappa shape index (κ1) is 19.6. The number of benzene rings is 1. The number of rotatable bonds is 8. The molecular formula is C21H26ClN3O2. The molecule has 0 bridgehead atoms. The molecule has 0 spiro atoms. The van der Waals surface area contributed by atoms with Crippen LogP contribution in [-0.2, 0) is 11.2 Å². The fourth-order valence-corrected chi connectivity index (χ4v) is 3.77. The third kappa shape index (κ3) is 3.80. The van der Waals surface area contributed by atoms with E-state index < -0.39 is 0 Å². The summed E-state index contributed by atoms with van der Waals surface area (Å²) in [5, 5.41) is 0.640. The van der Waals surface area contributed by atoms with Crippen LogP contribution in [0.15, 0.2) is 30.5 Å². The number of aromatic nitrogens is 3. The van der Waals surface area contributed by atoms with Gasteiger partial charge in [0.15, 0.2) is 5.65 Å². The van der Waals surface area contributed by atoms with Gasteiger partial charge < -0.3 is 14.0 Å². The number of hydrogen-bond donors (Lipinski definition) is 0. The molecule has 1 unspecified atom stereocenters. The molecule has 2 aromatic heterocycles. The number of imidazole rings is 1. The van der Waals surface area contributed by atoms with Gasteiger partial charge >= 0.3 is 0 Å². The Bertz CT molecular complexity index is 923. The highest BCUT2D eigenvalue weighted by molar-refractivity contribution is 6.33. The third-order valence-corrected chi connectivity index (χ3v) is 5.24. The van der Waals surface area contributed by atoms with Gasteiger partial charge in [0.1, 0.15) is 17.1 Å². The summed E-state index contributed by atoms with van der Waals surface area (Å²) in [6.07, 6.45) is 4.60. The van der Waals surface area contributed by atoms with Crippen molar-refractivity contribution in [1.82, 2.24) is 14.5 Å². The van der Waals surface area contributed by atoms with E-state index in [9.17, 15) is 0 Å². The number of pyridine rings is 1. The summed E-state index contributed by atoms with van der Waals surface area (Å²) in [6, 6.07) is 8.00. The fraction of sp³-hybridized carbons (Fsp3) is 0.429. The monoisotopic (exact) mass is 387 g/mol. The molecule has 0 N–H and O–H groups in total. The summed E-state index contributed by atoms with van der Waals surface area (Å²) in [4.78, 5) is 9.61. The van der Waals surface area contributed by atoms with Gasteiger partial charge in [-0.3, -0.25) is 0 Å². The Morgan fingerprint density at radius 1 is 1.15 bits per heavy atom. The lowest BCUT2D eigenvalue weighted by Crippen LogP contribution is -2.14. The average molecular weight is 388 g/mol. The Morgan fingerprint density at radius 2 is 1.96 bits per heavy atom. The number of fused-ring (bicyclic) bond motifs is 1. The van der Waals surface area contributed by atoms with E-state index in [2.05, 4.69) is 23.4 Å². The van der Waals surface area contributed by atoms with Crippen molar-refractivity contribution >= 4 is 22.8 Å². The van der Waals surface area contributed by atoms with Crippen LogP contribution in [0.4, 0.5) is 0 Å². The fourth-order valence-electron chi connectivity index (χ4n) is 3.50. The minimum absolute atomic E-state index is 0.305. The van der Waals surface area contributed by atoms with E-state index in [1.807, 2.05) is 30.5 Å². The van der Waals surface area contributed by atoms with Gasteiger partial charge in [-0.25, -0.2) is 9.97 Å². The van der Waals surface area contributed by atoms with E-state index >= 15 is 0 Å². The first-order valence-corrected chi connectivity index (χ1v) is 9.70. The zero-order chi connectivity index (χ0) is 19.4. The zero-order valence-electron chi connectivity index (χ0n) is 16.3. The summed E-state index contributed by atoms with van der Waals surface area (Å²) in [6.45, 7) is 5.03. The number of hydrogen-bond acceptors (Lipinski definition) is 4. The van der Waals surface area contributed by atoms with Crippen molar-refractivity contribution < 1.29 is 9.47 Å². The zero-order valence-corrected chi connectivity index (χ0v) is 17.1. The van der Waals surface area contributed by atoms with E-state index in [4.69, 9.17) is 26.1 Å². The van der Waals surface area contributed by atoms with Gasteiger partial charge in [0.2, 0.25) is 0 Å². The average Bonchev–Trinajstić information content (AvgIpc) is 3.07. The first-order chi connectivity index (χ1) is 13.1. The first-order valence-electron chi connectivity index (χ1n) is 9.33. The van der Waals surface area contributed by atoms with E-state index in [1.165, 1.54) is 0 Å². The molecule has 1 aromatic carbocycles. The van der Waals surface area contributed by atoms with Crippen LogP contribution < -0.4 is 4.74 Å². The SMILES string of the molecule is CCc1nc2c(-c3ccc(OC)cc3Cl)ccnc2n1C(CC)CCOC. The molecule has 0 aliphatic rings. The van der Waals surface area contributed by atoms with Gasteiger partial charge in [0, 0.05) is 43.5 Å². The molecular weight excluding hydrogens is 362 g/mol. The summed E-state index contributed by atoms with van der Waals surface area (Å²) >= 11 is 6.53. The molecule has 27 heavy (non-hydrogen) atoms. The van der Waals surface area contributed by atoms with Crippen LogP contribution in [0.1, 0.15) is 38.6 Å². The predicted octanol–water partition coefficient (Wildman–Crippen LogP) is 5.31. The molecule has 1 atom stereocenters. The third-order valence-electron chi connectivity index (χ3n) is 4.93. The predicted molar refractivity (Wildman–Crippen MR) is 110 cm³/mol. The van der Waals surface area contributed by atoms with Gasteiger partial charge in [-0.15, -0.1) is 0 Å². The lowest BCUT2D eigenvalue weighted by atomic mass is 10.1. The smallest absolute Gasteiger partial charge is 0.160 e. The summed E-state index contributed by atoms with van der Waals surface area (Å²) in [5.41, 5.74) is 3.71. The van der Waals surface area contributed by atoms with Crippen molar-refractivity contribution in [3.8, 4) is 16.9 Å². The Kier molecular flexibility index (Phi) is 6.34. The van der Waals surface area contributed by atoms with Gasteiger partial charge in [-0.05, 0) is 37.1 Å². The molecule has 6 heteroatoms. The Balaban J connectivity index is 2.17. The van der Waals surface area contributed by atoms with Crippen molar-refractivity contribution in [2.45, 2.75) is 39.2 Å². The number of methoxy groups -OCH3 is 2. The molecule has 3 aromatic rings. The van der Waals surface area contributed by atoms with E-state index in [0.29, 0.717) is 17.7 Å². The van der Waals surface area contributed by atoms with Crippen molar-refractivity contribution in [3.63, 3.8) is 0 Å². The highest BCUT2D eigenvalue weighted by Crippen LogP contribution is 2.36. The Morgan fingerprint density at radius 3 is 2.59 bits per heavy atom. The van der Waals surface area contributed by atoms with Crippen molar-refractivity contribution in [3.05, 3.63) is 41.3 Å². The van der Waals surface area contributed by atoms with Crippen LogP contribution in [0.25, 0.3) is 22.3 Å². The Hall–Kier alpha value is -2.11. The highest BCUT2D eigenvalue weighted by Gasteiger charge is 2.21. The molecule has 0 aliphatic carbocycles. The normalized spacial score (nSPS) is 12.5. The summed E-state index contributed by atoms with van der Waals surface area (Å²) in [5.74, 6) is 1.77. The second kappa shape index (κ2) is 8.72. The number of halogens is 1. The van der Waals surface area contributed by atoms with Crippen LogP contribution in [0.2, 0.25) is 5.02 Å². The lowest BCUT2D eigenvalue weighted by molar-refractivity contribution is 0.177. The molecule has 0 fully saturated rings. The standard InChI is InChI=1S/C21H26ClN3O2/c1-5-14(10-12-26-3)25-19(6-2)24-20-17(9-11-23-21(20)25)16-8-7-15(27-4)13-18(16)22/h7-9,11,13-14H,5-6,10,12H2,1-4H3. The van der Waals surface area contributed by atoms with Crippen LogP contribution >= 0.6 is 11.6 Å². The minimum Gasteiger partial charge on any atom is -0.497 e. The van der Waals surface area contributed by atoms with Crippen LogP contribution in [-0.4, -0.2) is 35.4 Å². The second-order valence-electron chi connectivity index (χ2n) is 6.47. The Labute approximate surface area is 165 Å². The molecule has 144 valence electrons. The van der Waals surface area contributed by atoms with Crippen LogP contribution in [0.5, 0.6) is 5.75 Å². The number of nitrogens with zero attached hydrogens (tertiary/aromatic N) is 3. The summed E-state index contributed by atoms with van der Waals surface area (Å²) < 4.78 is 12.8.